The number of anilines is 6. The van der Waals surface area contributed by atoms with Crippen LogP contribution in [-0.4, -0.2) is 14.2 Å². The summed E-state index contributed by atoms with van der Waals surface area (Å²) in [5.74, 6) is 1.62. The van der Waals surface area contributed by atoms with Gasteiger partial charge in [0.05, 0.1) is 14.2 Å². The Kier molecular flexibility index (Phi) is 11.4. The second kappa shape index (κ2) is 18.6. The number of rotatable bonds is 12. The van der Waals surface area contributed by atoms with Crippen LogP contribution in [0.3, 0.4) is 0 Å². The van der Waals surface area contributed by atoms with Gasteiger partial charge in [-0.3, -0.25) is 0 Å². The van der Waals surface area contributed by atoms with Crippen molar-refractivity contribution in [3.05, 3.63) is 255 Å². The second-order valence-electron chi connectivity index (χ2n) is 16.8. The minimum Gasteiger partial charge on any atom is -0.497 e. The molecule has 4 nitrogen and oxygen atoms in total. The molecular weight excluding hydrogens is 829 g/mol. The fourth-order valence-electron chi connectivity index (χ4n) is 9.52. The fourth-order valence-corrected chi connectivity index (χ4v) is 9.52. The molecule has 0 heterocycles. The monoisotopic (exact) mass is 876 g/mol. The number of fused-ring (bicyclic) bond motifs is 3. The first-order valence-electron chi connectivity index (χ1n) is 23.0. The molecule has 0 aliphatic heterocycles. The topological polar surface area (TPSA) is 24.9 Å². The number of benzene rings is 11. The van der Waals surface area contributed by atoms with Crippen molar-refractivity contribution in [2.24, 2.45) is 0 Å². The summed E-state index contributed by atoms with van der Waals surface area (Å²) in [5.41, 5.74) is 15.6. The van der Waals surface area contributed by atoms with Crippen LogP contribution in [0.4, 0.5) is 34.1 Å². The normalized spacial score (nSPS) is 11.1. The highest BCUT2D eigenvalue weighted by molar-refractivity contribution is 6.23. The van der Waals surface area contributed by atoms with Gasteiger partial charge in [0.25, 0.3) is 0 Å². The van der Waals surface area contributed by atoms with Crippen molar-refractivity contribution in [3.8, 4) is 56.0 Å². The van der Waals surface area contributed by atoms with Crippen molar-refractivity contribution in [1.29, 1.82) is 0 Å². The van der Waals surface area contributed by atoms with E-state index in [0.717, 1.165) is 89.4 Å². The van der Waals surface area contributed by atoms with Crippen LogP contribution < -0.4 is 19.3 Å². The van der Waals surface area contributed by atoms with Crippen LogP contribution in [0.15, 0.2) is 255 Å². The molecule has 0 saturated heterocycles. The molecule has 0 fully saturated rings. The van der Waals surface area contributed by atoms with Gasteiger partial charge in [-0.15, -0.1) is 0 Å². The quantitative estimate of drug-likeness (QED) is 0.114. The van der Waals surface area contributed by atoms with E-state index in [1.807, 2.05) is 0 Å². The summed E-state index contributed by atoms with van der Waals surface area (Å²) < 4.78 is 11.4. The van der Waals surface area contributed by atoms with E-state index in [1.165, 1.54) is 22.3 Å². The standard InChI is InChI=1S/C64H48N2O2/c1-67-57-37-27-49(28-38-57)63-59-41-35-55(65(51-19-11-5-12-20-51)53-31-23-47(24-32-53)45-15-7-3-8-16-45)43-61(59)62-44-56(36-42-60(62)64(63)50-29-39-58(68-2)40-30-50)66(52-21-13-6-14-22-52)54-33-25-48(26-34-54)46-17-9-4-10-18-46/h3-44H,1-2H3. The molecule has 0 aliphatic rings. The maximum atomic E-state index is 5.68. The van der Waals surface area contributed by atoms with Crippen molar-refractivity contribution in [1.82, 2.24) is 0 Å². The first kappa shape index (κ1) is 41.8. The van der Waals surface area contributed by atoms with Crippen molar-refractivity contribution in [2.45, 2.75) is 0 Å². The van der Waals surface area contributed by atoms with E-state index in [4.69, 9.17) is 9.47 Å². The first-order valence-corrected chi connectivity index (χ1v) is 23.0. The molecule has 11 rings (SSSR count). The molecule has 0 aromatic heterocycles. The van der Waals surface area contributed by atoms with Gasteiger partial charge in [-0.1, -0.05) is 158 Å². The lowest BCUT2D eigenvalue weighted by atomic mass is 9.84. The number of ether oxygens (including phenoxy) is 2. The molecule has 11 aromatic carbocycles. The number of para-hydroxylation sites is 2. The molecule has 0 aliphatic carbocycles. The van der Waals surface area contributed by atoms with Gasteiger partial charge in [-0.25, -0.2) is 0 Å². The number of methoxy groups -OCH3 is 2. The molecular formula is C64H48N2O2. The van der Waals surface area contributed by atoms with Crippen LogP contribution in [0.1, 0.15) is 0 Å². The maximum absolute atomic E-state index is 5.68. The molecule has 4 heteroatoms. The third kappa shape index (κ3) is 8.10. The van der Waals surface area contributed by atoms with Gasteiger partial charge in [0.15, 0.2) is 0 Å². The highest BCUT2D eigenvalue weighted by Gasteiger charge is 2.23. The summed E-state index contributed by atoms with van der Waals surface area (Å²) in [7, 11) is 3.43. The molecule has 0 spiro atoms. The van der Waals surface area contributed by atoms with Gasteiger partial charge < -0.3 is 19.3 Å². The highest BCUT2D eigenvalue weighted by Crippen LogP contribution is 2.49. The fraction of sp³-hybridized carbons (Fsp3) is 0.0312. The van der Waals surface area contributed by atoms with Crippen LogP contribution in [-0.2, 0) is 0 Å². The van der Waals surface area contributed by atoms with E-state index < -0.39 is 0 Å². The predicted octanol–water partition coefficient (Wildman–Crippen LogP) is 17.6. The van der Waals surface area contributed by atoms with Gasteiger partial charge in [0.1, 0.15) is 11.5 Å². The molecule has 0 radical (unpaired) electrons. The summed E-state index contributed by atoms with van der Waals surface area (Å²) in [6.07, 6.45) is 0. The number of hydrogen-bond donors (Lipinski definition) is 0. The SMILES string of the molecule is COc1ccc(-c2c(-c3ccc(OC)cc3)c3ccc(N(c4ccccc4)c4ccc(-c5ccccc5)cc4)cc3c3cc(N(c4ccccc4)c4ccc(-c5ccccc5)cc4)ccc23)cc1. The van der Waals surface area contributed by atoms with E-state index in [9.17, 15) is 0 Å². The third-order valence-electron chi connectivity index (χ3n) is 12.9. The first-order chi connectivity index (χ1) is 33.6. The molecule has 0 saturated carbocycles. The summed E-state index contributed by atoms with van der Waals surface area (Å²) in [4.78, 5) is 4.72. The predicted molar refractivity (Wildman–Crippen MR) is 286 cm³/mol. The van der Waals surface area contributed by atoms with E-state index >= 15 is 0 Å². The Labute approximate surface area is 398 Å². The van der Waals surface area contributed by atoms with Crippen LogP contribution in [0.2, 0.25) is 0 Å². The largest absolute Gasteiger partial charge is 0.497 e. The lowest BCUT2D eigenvalue weighted by Crippen LogP contribution is -2.10. The van der Waals surface area contributed by atoms with E-state index in [-0.39, 0.29) is 0 Å². The maximum Gasteiger partial charge on any atom is 0.118 e. The Bertz CT molecular complexity index is 3230. The van der Waals surface area contributed by atoms with Crippen molar-refractivity contribution in [2.75, 3.05) is 24.0 Å². The van der Waals surface area contributed by atoms with Crippen LogP contribution >= 0.6 is 0 Å². The molecule has 0 bridgehead atoms. The number of nitrogens with zero attached hydrogens (tertiary/aromatic N) is 2. The van der Waals surface area contributed by atoms with Gasteiger partial charge in [0, 0.05) is 34.1 Å². The van der Waals surface area contributed by atoms with Crippen molar-refractivity contribution < 1.29 is 9.47 Å². The van der Waals surface area contributed by atoms with Crippen LogP contribution in [0, 0.1) is 0 Å². The minimum absolute atomic E-state index is 0.811. The molecule has 326 valence electrons. The van der Waals surface area contributed by atoms with Crippen molar-refractivity contribution >= 4 is 55.7 Å². The number of hydrogen-bond acceptors (Lipinski definition) is 4. The van der Waals surface area contributed by atoms with Gasteiger partial charge in [-0.2, -0.15) is 0 Å². The molecule has 0 atom stereocenters. The van der Waals surface area contributed by atoms with Crippen molar-refractivity contribution in [3.63, 3.8) is 0 Å². The zero-order valence-electron chi connectivity index (χ0n) is 38.0. The zero-order chi connectivity index (χ0) is 45.8. The molecule has 0 amide bonds. The highest BCUT2D eigenvalue weighted by atomic mass is 16.5. The summed E-state index contributed by atoms with van der Waals surface area (Å²) in [6, 6.07) is 91.1. The van der Waals surface area contributed by atoms with Gasteiger partial charge >= 0.3 is 0 Å². The van der Waals surface area contributed by atoms with E-state index in [1.54, 1.807) is 14.2 Å². The van der Waals surface area contributed by atoms with Crippen LogP contribution in [0.5, 0.6) is 11.5 Å². The summed E-state index contributed by atoms with van der Waals surface area (Å²) in [5, 5.41) is 4.55. The minimum atomic E-state index is 0.811. The average Bonchev–Trinajstić information content (AvgIpc) is 3.42. The lowest BCUT2D eigenvalue weighted by molar-refractivity contribution is 0.414. The summed E-state index contributed by atoms with van der Waals surface area (Å²) >= 11 is 0. The molecule has 0 unspecified atom stereocenters. The van der Waals surface area contributed by atoms with Gasteiger partial charge in [0.2, 0.25) is 0 Å². The molecule has 68 heavy (non-hydrogen) atoms. The Hall–Kier alpha value is -8.86. The Balaban J connectivity index is 1.18. The lowest BCUT2D eigenvalue weighted by Gasteiger charge is -2.28. The summed E-state index contributed by atoms with van der Waals surface area (Å²) in [6.45, 7) is 0. The van der Waals surface area contributed by atoms with Crippen LogP contribution in [0.25, 0.3) is 66.1 Å². The molecule has 11 aromatic rings. The Morgan fingerprint density at radius 1 is 0.235 bits per heavy atom. The second-order valence-corrected chi connectivity index (χ2v) is 16.8. The Morgan fingerprint density at radius 2 is 0.515 bits per heavy atom. The van der Waals surface area contributed by atoms with E-state index in [2.05, 4.69) is 265 Å². The average molecular weight is 877 g/mol. The van der Waals surface area contributed by atoms with E-state index in [0.29, 0.717) is 0 Å². The third-order valence-corrected chi connectivity index (χ3v) is 12.9. The van der Waals surface area contributed by atoms with Gasteiger partial charge in [-0.05, 0) is 163 Å². The molecule has 0 N–H and O–H groups in total. The Morgan fingerprint density at radius 3 is 0.853 bits per heavy atom. The zero-order valence-corrected chi connectivity index (χ0v) is 38.0. The smallest absolute Gasteiger partial charge is 0.118 e.